The molecule has 0 bridgehead atoms. The second kappa shape index (κ2) is 8.81. The van der Waals surface area contributed by atoms with Crippen molar-refractivity contribution in [3.8, 4) is 0 Å². The summed E-state index contributed by atoms with van der Waals surface area (Å²) in [7, 11) is 0. The number of nitrogens with zero attached hydrogens (tertiary/aromatic N) is 3. The molecular weight excluding hydrogens is 382 g/mol. The Hall–Kier alpha value is -1.40. The molecule has 0 aromatic heterocycles. The molecule has 2 saturated heterocycles. The SMILES string of the molecule is O=C(CN1CCN(C(=O)c2ccc(Br)cc2)CC1)N1CCCCCC1. The summed E-state index contributed by atoms with van der Waals surface area (Å²) in [6.07, 6.45) is 4.73. The van der Waals surface area contributed by atoms with Crippen LogP contribution in [0.1, 0.15) is 36.0 Å². The molecule has 2 aliphatic heterocycles. The van der Waals surface area contributed by atoms with Gasteiger partial charge >= 0.3 is 0 Å². The standard InChI is InChI=1S/C19H26BrN3O2/c20-17-7-5-16(6-8-17)19(25)23-13-11-21(12-14-23)15-18(24)22-9-3-1-2-4-10-22/h5-8H,1-4,9-15H2. The molecule has 0 unspecified atom stereocenters. The van der Waals surface area contributed by atoms with E-state index in [1.54, 1.807) is 0 Å². The quantitative estimate of drug-likeness (QED) is 0.773. The summed E-state index contributed by atoms with van der Waals surface area (Å²) in [5, 5.41) is 0. The highest BCUT2D eigenvalue weighted by Gasteiger charge is 2.25. The monoisotopic (exact) mass is 407 g/mol. The van der Waals surface area contributed by atoms with Crippen LogP contribution in [0.15, 0.2) is 28.7 Å². The Balaban J connectivity index is 1.47. The Morgan fingerprint density at radius 3 is 2.00 bits per heavy atom. The van der Waals surface area contributed by atoms with Crippen LogP contribution < -0.4 is 0 Å². The van der Waals surface area contributed by atoms with Gasteiger partial charge in [-0.05, 0) is 37.1 Å². The van der Waals surface area contributed by atoms with Gasteiger partial charge in [0.2, 0.25) is 5.91 Å². The lowest BCUT2D eigenvalue weighted by Crippen LogP contribution is -2.51. The highest BCUT2D eigenvalue weighted by atomic mass is 79.9. The van der Waals surface area contributed by atoms with Gasteiger partial charge < -0.3 is 9.80 Å². The molecule has 25 heavy (non-hydrogen) atoms. The highest BCUT2D eigenvalue weighted by Crippen LogP contribution is 2.14. The van der Waals surface area contributed by atoms with Gasteiger partial charge in [-0.1, -0.05) is 28.8 Å². The number of halogens is 1. The van der Waals surface area contributed by atoms with Crippen LogP contribution in [0.3, 0.4) is 0 Å². The number of likely N-dealkylation sites (tertiary alicyclic amines) is 1. The van der Waals surface area contributed by atoms with Gasteiger partial charge in [0.25, 0.3) is 5.91 Å². The fourth-order valence-electron chi connectivity index (χ4n) is 3.50. The summed E-state index contributed by atoms with van der Waals surface area (Å²) in [5.74, 6) is 0.320. The Morgan fingerprint density at radius 2 is 1.40 bits per heavy atom. The average molecular weight is 408 g/mol. The lowest BCUT2D eigenvalue weighted by atomic mass is 10.2. The van der Waals surface area contributed by atoms with Crippen molar-refractivity contribution in [3.05, 3.63) is 34.3 Å². The summed E-state index contributed by atoms with van der Waals surface area (Å²) in [6, 6.07) is 7.48. The molecule has 2 aliphatic rings. The number of carbonyl (C=O) groups is 2. The Morgan fingerprint density at radius 1 is 0.800 bits per heavy atom. The van der Waals surface area contributed by atoms with Crippen molar-refractivity contribution in [2.45, 2.75) is 25.7 Å². The maximum absolute atomic E-state index is 12.5. The topological polar surface area (TPSA) is 43.9 Å². The van der Waals surface area contributed by atoms with Crippen molar-refractivity contribution in [1.82, 2.24) is 14.7 Å². The Labute approximate surface area is 158 Å². The maximum atomic E-state index is 12.5. The fourth-order valence-corrected chi connectivity index (χ4v) is 3.76. The van der Waals surface area contributed by atoms with Crippen LogP contribution in [0, 0.1) is 0 Å². The number of hydrogen-bond acceptors (Lipinski definition) is 3. The molecule has 0 atom stereocenters. The number of hydrogen-bond donors (Lipinski definition) is 0. The van der Waals surface area contributed by atoms with E-state index < -0.39 is 0 Å². The first-order valence-electron chi connectivity index (χ1n) is 9.18. The van der Waals surface area contributed by atoms with E-state index in [-0.39, 0.29) is 11.8 Å². The summed E-state index contributed by atoms with van der Waals surface area (Å²) in [4.78, 5) is 31.1. The van der Waals surface area contributed by atoms with Crippen LogP contribution in [0.2, 0.25) is 0 Å². The summed E-state index contributed by atoms with van der Waals surface area (Å²) in [6.45, 7) is 5.19. The molecule has 2 heterocycles. The predicted octanol–water partition coefficient (Wildman–Crippen LogP) is 2.61. The van der Waals surface area contributed by atoms with E-state index in [4.69, 9.17) is 0 Å². The first kappa shape index (κ1) is 18.4. The van der Waals surface area contributed by atoms with Crippen LogP contribution in [0.25, 0.3) is 0 Å². The van der Waals surface area contributed by atoms with Gasteiger partial charge in [-0.25, -0.2) is 0 Å². The maximum Gasteiger partial charge on any atom is 0.253 e. The third-order valence-corrected chi connectivity index (χ3v) is 5.60. The molecule has 0 aliphatic carbocycles. The predicted molar refractivity (Wildman–Crippen MR) is 102 cm³/mol. The van der Waals surface area contributed by atoms with Gasteiger partial charge in [-0.3, -0.25) is 14.5 Å². The minimum Gasteiger partial charge on any atom is -0.342 e. The highest BCUT2D eigenvalue weighted by molar-refractivity contribution is 9.10. The molecule has 6 heteroatoms. The zero-order valence-electron chi connectivity index (χ0n) is 14.6. The van der Waals surface area contributed by atoms with Gasteiger partial charge in [0.1, 0.15) is 0 Å². The van der Waals surface area contributed by atoms with Gasteiger partial charge in [-0.15, -0.1) is 0 Å². The average Bonchev–Trinajstić information content (AvgIpc) is 2.92. The van der Waals surface area contributed by atoms with Gasteiger partial charge in [-0.2, -0.15) is 0 Å². The fraction of sp³-hybridized carbons (Fsp3) is 0.579. The van der Waals surface area contributed by atoms with Crippen molar-refractivity contribution in [1.29, 1.82) is 0 Å². The number of amides is 2. The molecule has 3 rings (SSSR count). The Kier molecular flexibility index (Phi) is 6.48. The van der Waals surface area contributed by atoms with Gasteiger partial charge in [0.05, 0.1) is 6.54 Å². The number of benzene rings is 1. The van der Waals surface area contributed by atoms with E-state index in [0.29, 0.717) is 19.6 Å². The molecule has 1 aromatic carbocycles. The number of carbonyl (C=O) groups excluding carboxylic acids is 2. The van der Waals surface area contributed by atoms with E-state index in [2.05, 4.69) is 20.8 Å². The first-order valence-corrected chi connectivity index (χ1v) is 9.98. The van der Waals surface area contributed by atoms with E-state index in [9.17, 15) is 9.59 Å². The third kappa shape index (κ3) is 5.05. The summed E-state index contributed by atoms with van der Waals surface area (Å²) < 4.78 is 0.973. The van der Waals surface area contributed by atoms with E-state index in [1.165, 1.54) is 12.8 Å². The van der Waals surface area contributed by atoms with Crippen LogP contribution in [0.5, 0.6) is 0 Å². The molecule has 5 nitrogen and oxygen atoms in total. The van der Waals surface area contributed by atoms with E-state index in [0.717, 1.165) is 49.1 Å². The van der Waals surface area contributed by atoms with Crippen molar-refractivity contribution >= 4 is 27.7 Å². The van der Waals surface area contributed by atoms with Crippen molar-refractivity contribution in [3.63, 3.8) is 0 Å². The zero-order valence-corrected chi connectivity index (χ0v) is 16.2. The molecule has 2 fully saturated rings. The molecule has 2 amide bonds. The second-order valence-corrected chi connectivity index (χ2v) is 7.79. The van der Waals surface area contributed by atoms with Crippen LogP contribution in [-0.2, 0) is 4.79 Å². The lowest BCUT2D eigenvalue weighted by molar-refractivity contribution is -0.132. The van der Waals surface area contributed by atoms with Crippen molar-refractivity contribution in [2.24, 2.45) is 0 Å². The lowest BCUT2D eigenvalue weighted by Gasteiger charge is -2.35. The zero-order chi connectivity index (χ0) is 17.6. The van der Waals surface area contributed by atoms with Crippen molar-refractivity contribution < 1.29 is 9.59 Å². The Bertz CT molecular complexity index is 589. The smallest absolute Gasteiger partial charge is 0.253 e. The van der Waals surface area contributed by atoms with Gasteiger partial charge in [0, 0.05) is 49.3 Å². The number of piperazine rings is 1. The van der Waals surface area contributed by atoms with Gasteiger partial charge in [0.15, 0.2) is 0 Å². The minimum atomic E-state index is 0.0750. The second-order valence-electron chi connectivity index (χ2n) is 6.87. The van der Waals surface area contributed by atoms with E-state index >= 15 is 0 Å². The van der Waals surface area contributed by atoms with Crippen LogP contribution in [-0.4, -0.2) is 72.3 Å². The van der Waals surface area contributed by atoms with E-state index in [1.807, 2.05) is 34.1 Å². The molecular formula is C19H26BrN3O2. The van der Waals surface area contributed by atoms with Crippen LogP contribution in [0.4, 0.5) is 0 Å². The molecule has 0 N–H and O–H groups in total. The molecule has 136 valence electrons. The molecule has 1 aromatic rings. The number of rotatable bonds is 3. The molecule has 0 radical (unpaired) electrons. The normalized spacial score (nSPS) is 19.6. The summed E-state index contributed by atoms with van der Waals surface area (Å²) in [5.41, 5.74) is 0.720. The van der Waals surface area contributed by atoms with Crippen molar-refractivity contribution in [2.75, 3.05) is 45.8 Å². The molecule has 0 spiro atoms. The minimum absolute atomic E-state index is 0.0750. The first-order chi connectivity index (χ1) is 12.1. The third-order valence-electron chi connectivity index (χ3n) is 5.07. The largest absolute Gasteiger partial charge is 0.342 e. The molecule has 0 saturated carbocycles. The van der Waals surface area contributed by atoms with Crippen LogP contribution >= 0.6 is 15.9 Å². The summed E-state index contributed by atoms with van der Waals surface area (Å²) >= 11 is 3.39.